The smallest absolute Gasteiger partial charge is 0.387 e. The summed E-state index contributed by atoms with van der Waals surface area (Å²) in [5.41, 5.74) is -0.196. The quantitative estimate of drug-likeness (QED) is 0.192. The van der Waals surface area contributed by atoms with Gasteiger partial charge in [-0.3, -0.25) is 9.59 Å². The maximum atomic E-state index is 13.5. The van der Waals surface area contributed by atoms with Crippen LogP contribution in [-0.2, 0) is 15.0 Å². The highest BCUT2D eigenvalue weighted by atomic mass is 19.3. The summed E-state index contributed by atoms with van der Waals surface area (Å²) in [6.45, 7) is 4.58. The summed E-state index contributed by atoms with van der Waals surface area (Å²) in [6, 6.07) is 25.9. The average Bonchev–Trinajstić information content (AvgIpc) is 3.06. The molecule has 5 rings (SSSR count). The van der Waals surface area contributed by atoms with Crippen molar-refractivity contribution < 1.29 is 33.3 Å². The number of hydrogen-bond acceptors (Lipinski definition) is 5. The molecule has 7 nitrogen and oxygen atoms in total. The van der Waals surface area contributed by atoms with Gasteiger partial charge < -0.3 is 25.2 Å². The maximum absolute atomic E-state index is 13.5. The van der Waals surface area contributed by atoms with Gasteiger partial charge in [0.1, 0.15) is 5.75 Å². The highest BCUT2D eigenvalue weighted by molar-refractivity contribution is 5.84. The molecule has 5 atom stereocenters. The van der Waals surface area contributed by atoms with E-state index in [9.17, 15) is 28.6 Å². The van der Waals surface area contributed by atoms with Crippen molar-refractivity contribution in [3.8, 4) is 5.75 Å². The normalized spacial score (nSPS) is 27.7. The van der Waals surface area contributed by atoms with E-state index in [0.717, 1.165) is 25.9 Å². The molecule has 5 unspecified atom stereocenters. The van der Waals surface area contributed by atoms with Crippen LogP contribution in [0, 0.1) is 10.8 Å². The number of carbonyl (C=O) groups is 2. The average molecular weight is 649 g/mol. The number of carboxylic acid groups (broad SMARTS) is 2. The molecule has 0 spiro atoms. The van der Waals surface area contributed by atoms with E-state index in [1.807, 2.05) is 12.1 Å². The minimum Gasteiger partial charge on any atom is -0.481 e. The number of hydrogen-bond donors (Lipinski definition) is 3. The molecule has 0 bridgehead atoms. The Labute approximate surface area is 275 Å². The van der Waals surface area contributed by atoms with Gasteiger partial charge in [0.2, 0.25) is 0 Å². The van der Waals surface area contributed by atoms with Crippen LogP contribution in [0.1, 0.15) is 75.5 Å². The van der Waals surface area contributed by atoms with Crippen LogP contribution in [-0.4, -0.2) is 65.4 Å². The van der Waals surface area contributed by atoms with E-state index in [4.69, 9.17) is 0 Å². The van der Waals surface area contributed by atoms with Crippen LogP contribution in [0.15, 0.2) is 84.9 Å². The number of alkyl halides is 2. The molecular weight excluding hydrogens is 602 g/mol. The molecule has 0 saturated carbocycles. The first-order valence-corrected chi connectivity index (χ1v) is 16.6. The van der Waals surface area contributed by atoms with Gasteiger partial charge in [0.25, 0.3) is 0 Å². The highest BCUT2D eigenvalue weighted by Crippen LogP contribution is 2.59. The second-order valence-corrected chi connectivity index (χ2v) is 13.3. The fraction of sp³-hybridized carbons (Fsp3) is 0.474. The van der Waals surface area contributed by atoms with Gasteiger partial charge in [0.15, 0.2) is 0 Å². The number of halogens is 2. The van der Waals surface area contributed by atoms with E-state index in [1.54, 1.807) is 26.8 Å². The molecule has 9 heteroatoms. The molecule has 47 heavy (non-hydrogen) atoms. The van der Waals surface area contributed by atoms with Crippen LogP contribution in [0.3, 0.4) is 0 Å². The third-order valence-corrected chi connectivity index (χ3v) is 11.3. The monoisotopic (exact) mass is 648 g/mol. The number of rotatable bonds is 12. The second-order valence-electron chi connectivity index (χ2n) is 13.3. The molecule has 2 fully saturated rings. The zero-order valence-electron chi connectivity index (χ0n) is 27.4. The largest absolute Gasteiger partial charge is 0.481 e. The van der Waals surface area contributed by atoms with E-state index in [2.05, 4.69) is 63.5 Å². The summed E-state index contributed by atoms with van der Waals surface area (Å²) in [6.07, 6.45) is 2.72. The van der Waals surface area contributed by atoms with Crippen molar-refractivity contribution in [2.45, 2.75) is 82.9 Å². The Morgan fingerprint density at radius 3 is 1.94 bits per heavy atom. The highest BCUT2D eigenvalue weighted by Gasteiger charge is 2.66. The summed E-state index contributed by atoms with van der Waals surface area (Å²) < 4.78 is 31.1. The van der Waals surface area contributed by atoms with E-state index in [1.165, 1.54) is 29.3 Å². The molecular formula is C38H46F2N2O5. The minimum atomic E-state index is -3.07. The number of piperidine rings is 2. The predicted molar refractivity (Wildman–Crippen MR) is 177 cm³/mol. The lowest BCUT2D eigenvalue weighted by molar-refractivity contribution is -0.173. The Morgan fingerprint density at radius 2 is 1.43 bits per heavy atom. The molecule has 3 aromatic rings. The Balaban J connectivity index is 1.43. The standard InChI is InChI=1S/C38H46F2N2O5/c1-4-37(33(43)44)26(2)41-27(3)38(34(45)46,32(37)28-13-11-18-31(25-28)47-35(39)40)19-12-22-42-23-20-36(21-24-42,29-14-7-5-8-15-29)30-16-9-6-10-17-30/h5-11,13-18,25-27,32,35,41H,4,12,19-24H2,1-3H3,(H,43,44)(H,45,46). The molecule has 252 valence electrons. The molecule has 0 amide bonds. The fourth-order valence-electron chi connectivity index (χ4n) is 8.86. The van der Waals surface area contributed by atoms with Crippen LogP contribution in [0.4, 0.5) is 8.78 Å². The number of benzene rings is 3. The van der Waals surface area contributed by atoms with Crippen molar-refractivity contribution in [1.29, 1.82) is 0 Å². The van der Waals surface area contributed by atoms with Crippen molar-refractivity contribution >= 4 is 11.9 Å². The van der Waals surface area contributed by atoms with Crippen molar-refractivity contribution in [2.24, 2.45) is 10.8 Å². The van der Waals surface area contributed by atoms with E-state index in [0.29, 0.717) is 18.5 Å². The van der Waals surface area contributed by atoms with Crippen LogP contribution in [0.5, 0.6) is 5.75 Å². The fourth-order valence-corrected chi connectivity index (χ4v) is 8.86. The SMILES string of the molecule is CCC1(C(=O)O)C(C)NC(C)C(CCCN2CCC(c3ccccc3)(c3ccccc3)CC2)(C(=O)O)C1c1cccc(OC(F)F)c1. The number of likely N-dealkylation sites (tertiary alicyclic amines) is 1. The summed E-state index contributed by atoms with van der Waals surface area (Å²) in [4.78, 5) is 29.1. The van der Waals surface area contributed by atoms with E-state index < -0.39 is 47.4 Å². The third kappa shape index (κ3) is 6.27. The van der Waals surface area contributed by atoms with Crippen LogP contribution in [0.25, 0.3) is 0 Å². The molecule has 2 aliphatic rings. The van der Waals surface area contributed by atoms with E-state index >= 15 is 0 Å². The first-order valence-electron chi connectivity index (χ1n) is 16.6. The maximum Gasteiger partial charge on any atom is 0.387 e. The molecule has 2 heterocycles. The summed E-state index contributed by atoms with van der Waals surface area (Å²) in [5, 5.41) is 25.2. The Kier molecular flexibility index (Phi) is 10.4. The van der Waals surface area contributed by atoms with Crippen LogP contribution in [0.2, 0.25) is 0 Å². The van der Waals surface area contributed by atoms with E-state index in [-0.39, 0.29) is 24.0 Å². The number of ether oxygens (including phenoxy) is 1. The van der Waals surface area contributed by atoms with Gasteiger partial charge in [-0.1, -0.05) is 79.7 Å². The Morgan fingerprint density at radius 1 is 0.872 bits per heavy atom. The van der Waals surface area contributed by atoms with Crippen molar-refractivity contribution in [3.63, 3.8) is 0 Å². The molecule has 0 aromatic heterocycles. The minimum absolute atomic E-state index is 0.113. The zero-order chi connectivity index (χ0) is 33.8. The van der Waals surface area contributed by atoms with Gasteiger partial charge in [-0.25, -0.2) is 0 Å². The van der Waals surface area contributed by atoms with Gasteiger partial charge in [0.05, 0.1) is 10.8 Å². The predicted octanol–water partition coefficient (Wildman–Crippen LogP) is 7.17. The summed E-state index contributed by atoms with van der Waals surface area (Å²) in [7, 11) is 0. The Bertz CT molecular complexity index is 1470. The lowest BCUT2D eigenvalue weighted by atomic mass is 9.49. The molecule has 3 aromatic carbocycles. The third-order valence-electron chi connectivity index (χ3n) is 11.3. The van der Waals surface area contributed by atoms with Crippen molar-refractivity contribution in [3.05, 3.63) is 102 Å². The first kappa shape index (κ1) is 34.5. The number of aliphatic carboxylic acids is 2. The van der Waals surface area contributed by atoms with Crippen molar-refractivity contribution in [1.82, 2.24) is 10.2 Å². The van der Waals surface area contributed by atoms with Crippen LogP contribution < -0.4 is 10.1 Å². The molecule has 0 aliphatic carbocycles. The van der Waals surface area contributed by atoms with Gasteiger partial charge in [-0.2, -0.15) is 8.78 Å². The summed E-state index contributed by atoms with van der Waals surface area (Å²) >= 11 is 0. The van der Waals surface area contributed by atoms with Gasteiger partial charge in [-0.15, -0.1) is 0 Å². The van der Waals surface area contributed by atoms with Crippen LogP contribution >= 0.6 is 0 Å². The number of nitrogens with one attached hydrogen (secondary N) is 1. The molecule has 2 aliphatic heterocycles. The first-order chi connectivity index (χ1) is 22.5. The van der Waals surface area contributed by atoms with Gasteiger partial charge in [-0.05, 0) is 94.4 Å². The lowest BCUT2D eigenvalue weighted by Gasteiger charge is -2.57. The second kappa shape index (κ2) is 14.1. The van der Waals surface area contributed by atoms with Gasteiger partial charge in [0, 0.05) is 23.4 Å². The summed E-state index contributed by atoms with van der Waals surface area (Å²) in [5.74, 6) is -3.34. The number of carboxylic acids is 2. The Hall–Kier alpha value is -3.82. The van der Waals surface area contributed by atoms with Crippen molar-refractivity contribution in [2.75, 3.05) is 19.6 Å². The molecule has 3 N–H and O–H groups in total. The zero-order valence-corrected chi connectivity index (χ0v) is 27.4. The molecule has 2 saturated heterocycles. The van der Waals surface area contributed by atoms with Gasteiger partial charge >= 0.3 is 18.6 Å². The number of nitrogens with zero attached hydrogens (tertiary/aromatic N) is 1. The molecule has 0 radical (unpaired) electrons. The lowest BCUT2D eigenvalue weighted by Crippen LogP contribution is -2.69. The topological polar surface area (TPSA) is 99.1 Å².